The molecule has 19 heavy (non-hydrogen) atoms. The molecule has 1 spiro atoms. The Hall–Kier alpha value is -1.47. The molecule has 1 aromatic heterocycles. The number of H-pyrrole nitrogens is 1. The smallest absolute Gasteiger partial charge is 0.318 e. The first kappa shape index (κ1) is 12.6. The van der Waals surface area contributed by atoms with Crippen LogP contribution in [0.5, 0.6) is 0 Å². The van der Waals surface area contributed by atoms with Gasteiger partial charge in [-0.15, -0.1) is 0 Å². The molecule has 0 amide bonds. The van der Waals surface area contributed by atoms with Crippen LogP contribution in [0.2, 0.25) is 0 Å². The zero-order valence-electron chi connectivity index (χ0n) is 11.0. The fourth-order valence-corrected chi connectivity index (χ4v) is 2.60. The van der Waals surface area contributed by atoms with Crippen LogP contribution in [0.15, 0.2) is 0 Å². The van der Waals surface area contributed by atoms with Gasteiger partial charge in [0, 0.05) is 6.42 Å². The van der Waals surface area contributed by atoms with Crippen LogP contribution in [-0.4, -0.2) is 26.8 Å². The molecule has 2 heterocycles. The van der Waals surface area contributed by atoms with Crippen molar-refractivity contribution < 1.29 is 14.4 Å². The Balaban J connectivity index is 1.91. The van der Waals surface area contributed by atoms with Crippen LogP contribution >= 0.6 is 0 Å². The minimum Gasteiger partial charge on any atom is -0.343 e. The maximum absolute atomic E-state index is 11.1. The van der Waals surface area contributed by atoms with Crippen LogP contribution in [-0.2, 0) is 9.47 Å². The van der Waals surface area contributed by atoms with E-state index in [0.29, 0.717) is 5.69 Å². The van der Waals surface area contributed by atoms with Crippen LogP contribution < -0.4 is 0 Å². The fourth-order valence-electron chi connectivity index (χ4n) is 2.60. The number of nitrogens with one attached hydrogen (secondary N) is 1. The molecular weight excluding hydrogens is 250 g/mol. The lowest BCUT2D eigenvalue weighted by atomic mass is 10.1. The number of hydrogen-bond donors (Lipinski definition) is 1. The first-order valence-electron chi connectivity index (χ1n) is 6.57. The molecule has 1 aliphatic heterocycles. The topological polar surface area (TPSA) is 90.3 Å². The predicted octanol–water partition coefficient (Wildman–Crippen LogP) is 2.37. The Morgan fingerprint density at radius 2 is 2.32 bits per heavy atom. The van der Waals surface area contributed by atoms with E-state index >= 15 is 0 Å². The Morgan fingerprint density at radius 3 is 2.89 bits per heavy atom. The molecule has 0 bridgehead atoms. The first-order chi connectivity index (χ1) is 9.04. The van der Waals surface area contributed by atoms with Gasteiger partial charge in [0.25, 0.3) is 0 Å². The maximum atomic E-state index is 11.1. The highest BCUT2D eigenvalue weighted by molar-refractivity contribution is 5.40. The monoisotopic (exact) mass is 267 g/mol. The second-order valence-electron chi connectivity index (χ2n) is 5.34. The molecule has 1 aromatic rings. The van der Waals surface area contributed by atoms with Crippen LogP contribution in [0.3, 0.4) is 0 Å². The molecule has 1 saturated carbocycles. The lowest BCUT2D eigenvalue weighted by Gasteiger charge is -2.34. The number of aryl methyl sites for hydroxylation is 1. The molecule has 2 fully saturated rings. The molecule has 7 nitrogen and oxygen atoms in total. The number of nitro groups is 1. The molecule has 2 atom stereocenters. The molecule has 7 heteroatoms. The fraction of sp³-hybridized carbons (Fsp3) is 0.750. The number of nitrogens with zero attached hydrogens (tertiary/aromatic N) is 2. The maximum Gasteiger partial charge on any atom is 0.318 e. The van der Waals surface area contributed by atoms with Crippen molar-refractivity contribution in [2.75, 3.05) is 0 Å². The van der Waals surface area contributed by atoms with Crippen LogP contribution in [0, 0.1) is 17.0 Å². The molecule has 3 rings (SSSR count). The molecule has 2 unspecified atom stereocenters. The van der Waals surface area contributed by atoms with Gasteiger partial charge in [-0.25, -0.2) is 0 Å². The van der Waals surface area contributed by atoms with E-state index in [1.165, 1.54) is 0 Å². The molecule has 1 N–H and O–H groups in total. The summed E-state index contributed by atoms with van der Waals surface area (Å²) < 4.78 is 11.7. The van der Waals surface area contributed by atoms with Gasteiger partial charge in [-0.05, 0) is 26.2 Å². The van der Waals surface area contributed by atoms with Gasteiger partial charge >= 0.3 is 5.69 Å². The summed E-state index contributed by atoms with van der Waals surface area (Å²) in [5, 5.41) is 17.8. The number of ether oxygens (including phenoxy) is 2. The van der Waals surface area contributed by atoms with Crippen molar-refractivity contribution >= 4 is 5.69 Å². The van der Waals surface area contributed by atoms with E-state index in [-0.39, 0.29) is 23.1 Å². The summed E-state index contributed by atoms with van der Waals surface area (Å²) >= 11 is 0. The van der Waals surface area contributed by atoms with Crippen LogP contribution in [0.1, 0.15) is 50.3 Å². The van der Waals surface area contributed by atoms with Gasteiger partial charge in [0.15, 0.2) is 5.69 Å². The van der Waals surface area contributed by atoms with Crippen molar-refractivity contribution in [2.45, 2.75) is 57.5 Å². The van der Waals surface area contributed by atoms with Gasteiger partial charge in [-0.1, -0.05) is 6.92 Å². The van der Waals surface area contributed by atoms with Crippen LogP contribution in [0.25, 0.3) is 0 Å². The van der Waals surface area contributed by atoms with Gasteiger partial charge in [0.1, 0.15) is 5.69 Å². The highest BCUT2D eigenvalue weighted by atomic mass is 16.7. The second-order valence-corrected chi connectivity index (χ2v) is 5.34. The van der Waals surface area contributed by atoms with E-state index in [4.69, 9.17) is 9.47 Å². The molecule has 104 valence electrons. The largest absolute Gasteiger partial charge is 0.343 e. The standard InChI is InChI=1S/C12H17N3O4/c1-3-8-6-12(4-5-12)19-11(18-8)9-10(15(16)17)7(2)13-14-9/h8,11H,3-6H2,1-2H3,(H,13,14). The van der Waals surface area contributed by atoms with E-state index in [1.54, 1.807) is 6.92 Å². The number of hydrogen-bond acceptors (Lipinski definition) is 5. The zero-order valence-corrected chi connectivity index (χ0v) is 11.0. The number of aromatic nitrogens is 2. The van der Waals surface area contributed by atoms with Gasteiger partial charge in [-0.3, -0.25) is 15.2 Å². The SMILES string of the molecule is CCC1CC2(CC2)OC(c2n[nH]c(C)c2[N+](=O)[O-])O1. The summed E-state index contributed by atoms with van der Waals surface area (Å²) in [6.45, 7) is 3.68. The first-order valence-corrected chi connectivity index (χ1v) is 6.57. The minimum atomic E-state index is -0.730. The van der Waals surface area contributed by atoms with Gasteiger partial charge in [-0.2, -0.15) is 5.10 Å². The summed E-state index contributed by atoms with van der Waals surface area (Å²) in [5.41, 5.74) is 0.518. The Labute approximate surface area is 110 Å². The summed E-state index contributed by atoms with van der Waals surface area (Å²) in [5.74, 6) is 0. The summed E-state index contributed by atoms with van der Waals surface area (Å²) in [6.07, 6.45) is 3.10. The molecule has 1 aliphatic carbocycles. The van der Waals surface area contributed by atoms with E-state index < -0.39 is 11.2 Å². The van der Waals surface area contributed by atoms with Gasteiger partial charge < -0.3 is 9.47 Å². The second kappa shape index (κ2) is 4.28. The van der Waals surface area contributed by atoms with Crippen molar-refractivity contribution in [3.05, 3.63) is 21.5 Å². The van der Waals surface area contributed by atoms with Gasteiger partial charge in [0.2, 0.25) is 6.29 Å². The lowest BCUT2D eigenvalue weighted by molar-refractivity contribution is -0.389. The predicted molar refractivity (Wildman–Crippen MR) is 65.6 cm³/mol. The Morgan fingerprint density at radius 1 is 1.58 bits per heavy atom. The summed E-state index contributed by atoms with van der Waals surface area (Å²) in [6, 6.07) is 0. The Kier molecular flexibility index (Phi) is 2.83. The molecule has 0 aromatic carbocycles. The summed E-state index contributed by atoms with van der Waals surface area (Å²) in [4.78, 5) is 10.7. The van der Waals surface area contributed by atoms with E-state index in [2.05, 4.69) is 10.2 Å². The third kappa shape index (κ3) is 2.12. The molecule has 2 aliphatic rings. The molecular formula is C12H17N3O4. The van der Waals surface area contributed by atoms with E-state index in [0.717, 1.165) is 25.7 Å². The zero-order chi connectivity index (χ0) is 13.6. The highest BCUT2D eigenvalue weighted by Gasteiger charge is 2.52. The Bertz CT molecular complexity index is 509. The van der Waals surface area contributed by atoms with Crippen molar-refractivity contribution in [1.29, 1.82) is 0 Å². The number of aromatic amines is 1. The van der Waals surface area contributed by atoms with E-state index in [1.807, 2.05) is 6.92 Å². The van der Waals surface area contributed by atoms with Crippen molar-refractivity contribution in [2.24, 2.45) is 0 Å². The third-order valence-electron chi connectivity index (χ3n) is 3.88. The average Bonchev–Trinajstić information content (AvgIpc) is 2.98. The van der Waals surface area contributed by atoms with Crippen molar-refractivity contribution in [3.8, 4) is 0 Å². The van der Waals surface area contributed by atoms with Crippen molar-refractivity contribution in [1.82, 2.24) is 10.2 Å². The molecule has 1 saturated heterocycles. The summed E-state index contributed by atoms with van der Waals surface area (Å²) in [7, 11) is 0. The van der Waals surface area contributed by atoms with Gasteiger partial charge in [0.05, 0.1) is 16.6 Å². The van der Waals surface area contributed by atoms with Crippen LogP contribution in [0.4, 0.5) is 5.69 Å². The quantitative estimate of drug-likeness (QED) is 0.670. The molecule has 0 radical (unpaired) electrons. The van der Waals surface area contributed by atoms with E-state index in [9.17, 15) is 10.1 Å². The number of rotatable bonds is 3. The normalized spacial score (nSPS) is 28.5. The average molecular weight is 267 g/mol. The highest BCUT2D eigenvalue weighted by Crippen LogP contribution is 2.52. The minimum absolute atomic E-state index is 0.0300. The van der Waals surface area contributed by atoms with Crippen molar-refractivity contribution in [3.63, 3.8) is 0 Å². The lowest BCUT2D eigenvalue weighted by Crippen LogP contribution is -2.35. The third-order valence-corrected chi connectivity index (χ3v) is 3.88.